The summed E-state index contributed by atoms with van der Waals surface area (Å²) in [6, 6.07) is 2.33. The van der Waals surface area contributed by atoms with Crippen LogP contribution in [0.2, 0.25) is 0 Å². The molecule has 1 aliphatic rings. The smallest absolute Gasteiger partial charge is 0.325 e. The monoisotopic (exact) mass is 207 g/mol. The van der Waals surface area contributed by atoms with Crippen LogP contribution < -0.4 is 5.73 Å². The van der Waals surface area contributed by atoms with E-state index in [2.05, 4.69) is 0 Å². The maximum absolute atomic E-state index is 10.7. The summed E-state index contributed by atoms with van der Waals surface area (Å²) in [4.78, 5) is 10.7. The number of phenolic OH excluding ortho intramolecular Hbond substituents is 1. The summed E-state index contributed by atoms with van der Waals surface area (Å²) < 4.78 is 0. The number of nitrogens with two attached hydrogens (primary N) is 1. The zero-order valence-corrected chi connectivity index (χ0v) is 8.23. The molecule has 1 aliphatic carbocycles. The first-order chi connectivity index (χ1) is 7.11. The lowest BCUT2D eigenvalue weighted by Crippen LogP contribution is -2.21. The number of carbonyl (C=O) groups is 1. The van der Waals surface area contributed by atoms with Gasteiger partial charge >= 0.3 is 5.97 Å². The van der Waals surface area contributed by atoms with Gasteiger partial charge in [-0.2, -0.15) is 0 Å². The van der Waals surface area contributed by atoms with Crippen LogP contribution in [0.5, 0.6) is 5.75 Å². The van der Waals surface area contributed by atoms with E-state index >= 15 is 0 Å². The molecule has 0 amide bonds. The van der Waals surface area contributed by atoms with Crippen LogP contribution in [0, 0.1) is 0 Å². The molecule has 0 spiro atoms. The van der Waals surface area contributed by atoms with Gasteiger partial charge in [-0.05, 0) is 30.4 Å². The fourth-order valence-electron chi connectivity index (χ4n) is 2.05. The Morgan fingerprint density at radius 3 is 2.80 bits per heavy atom. The highest BCUT2D eigenvalue weighted by Crippen LogP contribution is 2.35. The lowest BCUT2D eigenvalue weighted by Gasteiger charge is -2.12. The molecule has 0 aromatic heterocycles. The van der Waals surface area contributed by atoms with Crippen molar-refractivity contribution in [1.82, 2.24) is 0 Å². The lowest BCUT2D eigenvalue weighted by atomic mass is 10.00. The largest absolute Gasteiger partial charge is 0.507 e. The number of aliphatic carboxylic acids is 1. The number of aromatic hydroxyl groups is 1. The lowest BCUT2D eigenvalue weighted by molar-refractivity contribution is -0.138. The molecule has 1 unspecified atom stereocenters. The van der Waals surface area contributed by atoms with Gasteiger partial charge in [-0.15, -0.1) is 0 Å². The van der Waals surface area contributed by atoms with Crippen LogP contribution in [0.4, 0.5) is 0 Å². The van der Waals surface area contributed by atoms with Crippen LogP contribution >= 0.6 is 0 Å². The summed E-state index contributed by atoms with van der Waals surface area (Å²) in [6.07, 6.45) is 2.77. The molecule has 4 nitrogen and oxygen atoms in total. The number of phenols is 1. The summed E-state index contributed by atoms with van der Waals surface area (Å²) in [5.41, 5.74) is 7.75. The van der Waals surface area contributed by atoms with Crippen molar-refractivity contribution in [3.05, 3.63) is 28.8 Å². The highest BCUT2D eigenvalue weighted by Gasteiger charge is 2.23. The van der Waals surface area contributed by atoms with Crippen molar-refractivity contribution in [1.29, 1.82) is 0 Å². The Labute approximate surface area is 87.3 Å². The molecular weight excluding hydrogens is 194 g/mol. The second-order valence-electron chi connectivity index (χ2n) is 3.81. The van der Waals surface area contributed by atoms with Gasteiger partial charge in [0.2, 0.25) is 0 Å². The standard InChI is InChI=1S/C11H13NO3/c12-9(11(14)15)8-5-4-6-2-1-3-7(6)10(8)13/h4-5,9,13H,1-3,12H2,(H,14,15). The molecular formula is C11H13NO3. The zero-order valence-electron chi connectivity index (χ0n) is 8.23. The van der Waals surface area contributed by atoms with E-state index in [1.165, 1.54) is 0 Å². The first-order valence-electron chi connectivity index (χ1n) is 4.93. The van der Waals surface area contributed by atoms with Gasteiger partial charge in [-0.3, -0.25) is 4.79 Å². The molecule has 0 fully saturated rings. The van der Waals surface area contributed by atoms with Gasteiger partial charge in [0, 0.05) is 5.56 Å². The van der Waals surface area contributed by atoms with Gasteiger partial charge < -0.3 is 15.9 Å². The molecule has 0 saturated carbocycles. The molecule has 0 bridgehead atoms. The third-order valence-electron chi connectivity index (χ3n) is 2.88. The number of carboxylic acids is 1. The zero-order chi connectivity index (χ0) is 11.0. The number of aryl methyl sites for hydroxylation is 1. The Morgan fingerprint density at radius 1 is 1.40 bits per heavy atom. The Balaban J connectivity index is 2.46. The fraction of sp³-hybridized carbons (Fsp3) is 0.364. The van der Waals surface area contributed by atoms with E-state index in [0.29, 0.717) is 5.56 Å². The number of benzene rings is 1. The first kappa shape index (κ1) is 9.98. The predicted octanol–water partition coefficient (Wildman–Crippen LogP) is 0.965. The third-order valence-corrected chi connectivity index (χ3v) is 2.88. The van der Waals surface area contributed by atoms with Gasteiger partial charge in [-0.25, -0.2) is 0 Å². The van der Waals surface area contributed by atoms with Crippen LogP contribution in [-0.2, 0) is 17.6 Å². The van der Waals surface area contributed by atoms with E-state index in [1.54, 1.807) is 6.07 Å². The average Bonchev–Trinajstić information content (AvgIpc) is 2.66. The highest BCUT2D eigenvalue weighted by molar-refractivity contribution is 5.76. The maximum Gasteiger partial charge on any atom is 0.325 e. The van der Waals surface area contributed by atoms with Crippen LogP contribution in [-0.4, -0.2) is 16.2 Å². The molecule has 0 saturated heterocycles. The molecule has 0 aliphatic heterocycles. The van der Waals surface area contributed by atoms with Crippen molar-refractivity contribution in [2.45, 2.75) is 25.3 Å². The second kappa shape index (κ2) is 3.55. The minimum absolute atomic E-state index is 0.0694. The number of hydrogen-bond acceptors (Lipinski definition) is 3. The first-order valence-corrected chi connectivity index (χ1v) is 4.93. The molecule has 4 N–H and O–H groups in total. The predicted molar refractivity (Wildman–Crippen MR) is 54.7 cm³/mol. The molecule has 1 aromatic rings. The Morgan fingerprint density at radius 2 is 2.13 bits per heavy atom. The van der Waals surface area contributed by atoms with E-state index in [4.69, 9.17) is 10.8 Å². The Kier molecular flexibility index (Phi) is 2.36. The van der Waals surface area contributed by atoms with Gasteiger partial charge in [0.05, 0.1) is 0 Å². The number of rotatable bonds is 2. The van der Waals surface area contributed by atoms with Crippen molar-refractivity contribution < 1.29 is 15.0 Å². The van der Waals surface area contributed by atoms with Gasteiger partial charge in [0.1, 0.15) is 11.8 Å². The molecule has 1 aromatic carbocycles. The van der Waals surface area contributed by atoms with Crippen molar-refractivity contribution in [2.24, 2.45) is 5.73 Å². The Bertz CT molecular complexity index is 415. The summed E-state index contributed by atoms with van der Waals surface area (Å²) >= 11 is 0. The van der Waals surface area contributed by atoms with Crippen LogP contribution in [0.1, 0.15) is 29.2 Å². The SMILES string of the molecule is NC(C(=O)O)c1ccc2c(c1O)CCC2. The van der Waals surface area contributed by atoms with Crippen LogP contribution in [0.3, 0.4) is 0 Å². The Hall–Kier alpha value is -1.55. The average molecular weight is 207 g/mol. The van der Waals surface area contributed by atoms with E-state index in [-0.39, 0.29) is 5.75 Å². The summed E-state index contributed by atoms with van der Waals surface area (Å²) in [7, 11) is 0. The van der Waals surface area contributed by atoms with Crippen molar-refractivity contribution in [2.75, 3.05) is 0 Å². The van der Waals surface area contributed by atoms with Gasteiger partial charge in [0.15, 0.2) is 0 Å². The number of fused-ring (bicyclic) bond motifs is 1. The molecule has 15 heavy (non-hydrogen) atoms. The van der Waals surface area contributed by atoms with Crippen molar-refractivity contribution >= 4 is 5.97 Å². The van der Waals surface area contributed by atoms with E-state index in [1.807, 2.05) is 6.07 Å². The molecule has 0 radical (unpaired) electrons. The molecule has 2 rings (SSSR count). The van der Waals surface area contributed by atoms with Crippen LogP contribution in [0.15, 0.2) is 12.1 Å². The molecule has 4 heteroatoms. The number of hydrogen-bond donors (Lipinski definition) is 3. The van der Waals surface area contributed by atoms with Gasteiger partial charge in [-0.1, -0.05) is 12.1 Å². The molecule has 80 valence electrons. The normalized spacial score (nSPS) is 16.1. The minimum Gasteiger partial charge on any atom is -0.507 e. The summed E-state index contributed by atoms with van der Waals surface area (Å²) in [5, 5.41) is 18.7. The topological polar surface area (TPSA) is 83.6 Å². The van der Waals surface area contributed by atoms with Gasteiger partial charge in [0.25, 0.3) is 0 Å². The minimum atomic E-state index is -1.14. The third kappa shape index (κ3) is 1.57. The maximum atomic E-state index is 10.7. The fourth-order valence-corrected chi connectivity index (χ4v) is 2.05. The van der Waals surface area contributed by atoms with Crippen LogP contribution in [0.25, 0.3) is 0 Å². The summed E-state index contributed by atoms with van der Waals surface area (Å²) in [6.45, 7) is 0. The van der Waals surface area contributed by atoms with E-state index in [9.17, 15) is 9.90 Å². The quantitative estimate of drug-likeness (QED) is 0.674. The van der Waals surface area contributed by atoms with E-state index in [0.717, 1.165) is 30.4 Å². The highest BCUT2D eigenvalue weighted by atomic mass is 16.4. The summed E-state index contributed by atoms with van der Waals surface area (Å²) in [5.74, 6) is -1.05. The number of carboxylic acid groups (broad SMARTS) is 1. The van der Waals surface area contributed by atoms with Crippen molar-refractivity contribution in [3.63, 3.8) is 0 Å². The molecule has 1 atom stereocenters. The second-order valence-corrected chi connectivity index (χ2v) is 3.81. The molecule has 0 heterocycles. The van der Waals surface area contributed by atoms with Crippen molar-refractivity contribution in [3.8, 4) is 5.75 Å². The van der Waals surface area contributed by atoms with E-state index < -0.39 is 12.0 Å².